The van der Waals surface area contributed by atoms with Gasteiger partial charge in [0.25, 0.3) is 5.91 Å². The van der Waals surface area contributed by atoms with Crippen molar-refractivity contribution in [2.75, 3.05) is 7.11 Å². The van der Waals surface area contributed by atoms with Gasteiger partial charge >= 0.3 is 0 Å². The zero-order valence-corrected chi connectivity index (χ0v) is 12.8. The SMILES string of the molecule is COc1ccc(/C=N/NC(=O)c2cccnc2)cc1Br.O. The molecule has 0 aliphatic heterocycles. The minimum atomic E-state index is -0.304. The van der Waals surface area contributed by atoms with E-state index in [9.17, 15) is 4.79 Å². The first kappa shape index (κ1) is 16.8. The third-order valence-electron chi connectivity index (χ3n) is 2.48. The predicted molar refractivity (Wildman–Crippen MR) is 83.6 cm³/mol. The van der Waals surface area contributed by atoms with Gasteiger partial charge in [0, 0.05) is 12.4 Å². The van der Waals surface area contributed by atoms with Gasteiger partial charge in [-0.3, -0.25) is 9.78 Å². The van der Waals surface area contributed by atoms with Crippen LogP contribution in [-0.2, 0) is 0 Å². The molecule has 0 bridgehead atoms. The van der Waals surface area contributed by atoms with E-state index in [-0.39, 0.29) is 11.4 Å². The van der Waals surface area contributed by atoms with Crippen molar-refractivity contribution >= 4 is 28.1 Å². The number of rotatable bonds is 4. The second-order valence-corrected chi connectivity index (χ2v) is 4.69. The number of pyridine rings is 1. The molecule has 1 aromatic heterocycles. The van der Waals surface area contributed by atoms with E-state index in [0.717, 1.165) is 15.8 Å². The van der Waals surface area contributed by atoms with Crippen LogP contribution in [0.5, 0.6) is 5.75 Å². The summed E-state index contributed by atoms with van der Waals surface area (Å²) in [5, 5.41) is 3.90. The lowest BCUT2D eigenvalue weighted by Gasteiger charge is -2.03. The molecule has 3 N–H and O–H groups in total. The van der Waals surface area contributed by atoms with Crippen molar-refractivity contribution in [2.45, 2.75) is 0 Å². The Morgan fingerprint density at radius 1 is 1.43 bits per heavy atom. The standard InChI is InChI=1S/C14H12BrN3O2.H2O/c1-20-13-5-4-10(7-12(13)15)8-17-18-14(19)11-3-2-6-16-9-11;/h2-9H,1H3,(H,18,19);1H2/b17-8+;. The first-order valence-electron chi connectivity index (χ1n) is 5.77. The highest BCUT2D eigenvalue weighted by Gasteiger charge is 2.03. The molecule has 0 spiro atoms. The molecule has 1 amide bonds. The summed E-state index contributed by atoms with van der Waals surface area (Å²) < 4.78 is 5.95. The maximum absolute atomic E-state index is 11.7. The van der Waals surface area contributed by atoms with Crippen LogP contribution in [0.1, 0.15) is 15.9 Å². The van der Waals surface area contributed by atoms with E-state index in [0.29, 0.717) is 5.56 Å². The van der Waals surface area contributed by atoms with Crippen molar-refractivity contribution in [1.82, 2.24) is 10.4 Å². The van der Waals surface area contributed by atoms with E-state index in [1.54, 1.807) is 31.7 Å². The number of hydrogen-bond donors (Lipinski definition) is 1. The zero-order valence-electron chi connectivity index (χ0n) is 11.2. The first-order valence-corrected chi connectivity index (χ1v) is 6.57. The van der Waals surface area contributed by atoms with E-state index in [1.165, 1.54) is 6.20 Å². The molecule has 6 nitrogen and oxygen atoms in total. The monoisotopic (exact) mass is 351 g/mol. The molecule has 110 valence electrons. The summed E-state index contributed by atoms with van der Waals surface area (Å²) in [4.78, 5) is 15.6. The Labute approximate surface area is 130 Å². The molecule has 0 aliphatic carbocycles. The molecule has 0 saturated heterocycles. The Morgan fingerprint density at radius 3 is 2.86 bits per heavy atom. The fourth-order valence-corrected chi connectivity index (χ4v) is 2.05. The van der Waals surface area contributed by atoms with Gasteiger partial charge in [-0.15, -0.1) is 0 Å². The lowest BCUT2D eigenvalue weighted by molar-refractivity contribution is 0.0955. The van der Waals surface area contributed by atoms with Gasteiger partial charge in [-0.2, -0.15) is 5.10 Å². The third-order valence-corrected chi connectivity index (χ3v) is 3.10. The minimum Gasteiger partial charge on any atom is -0.496 e. The van der Waals surface area contributed by atoms with Crippen LogP contribution >= 0.6 is 15.9 Å². The van der Waals surface area contributed by atoms with Gasteiger partial charge in [0.15, 0.2) is 0 Å². The third kappa shape index (κ3) is 4.66. The van der Waals surface area contributed by atoms with Crippen molar-refractivity contribution in [3.8, 4) is 5.75 Å². The molecule has 0 unspecified atom stereocenters. The molecule has 1 heterocycles. The summed E-state index contributed by atoms with van der Waals surface area (Å²) in [6.45, 7) is 0. The number of aromatic nitrogens is 1. The number of carbonyl (C=O) groups is 1. The summed E-state index contributed by atoms with van der Waals surface area (Å²) in [5.41, 5.74) is 3.74. The molecule has 0 atom stereocenters. The number of hydrogen-bond acceptors (Lipinski definition) is 4. The van der Waals surface area contributed by atoms with Crippen molar-refractivity contribution < 1.29 is 15.0 Å². The topological polar surface area (TPSA) is 95.1 Å². The summed E-state index contributed by atoms with van der Waals surface area (Å²) in [6.07, 6.45) is 4.64. The molecular formula is C14H14BrN3O3. The highest BCUT2D eigenvalue weighted by molar-refractivity contribution is 9.10. The lowest BCUT2D eigenvalue weighted by atomic mass is 10.2. The fourth-order valence-electron chi connectivity index (χ4n) is 1.49. The Hall–Kier alpha value is -2.25. The minimum absolute atomic E-state index is 0. The average Bonchev–Trinajstić information content (AvgIpc) is 2.48. The van der Waals surface area contributed by atoms with Gasteiger partial charge in [-0.05, 0) is 51.8 Å². The maximum atomic E-state index is 11.7. The maximum Gasteiger partial charge on any atom is 0.272 e. The Morgan fingerprint density at radius 2 is 2.24 bits per heavy atom. The van der Waals surface area contributed by atoms with E-state index in [4.69, 9.17) is 4.74 Å². The molecule has 2 aromatic rings. The van der Waals surface area contributed by atoms with Crippen LogP contribution < -0.4 is 10.2 Å². The van der Waals surface area contributed by atoms with Crippen LogP contribution in [-0.4, -0.2) is 29.7 Å². The van der Waals surface area contributed by atoms with Gasteiger partial charge in [0.05, 0.1) is 23.4 Å². The molecule has 7 heteroatoms. The van der Waals surface area contributed by atoms with Gasteiger partial charge < -0.3 is 10.2 Å². The van der Waals surface area contributed by atoms with Crippen LogP contribution in [0.4, 0.5) is 0 Å². The van der Waals surface area contributed by atoms with Crippen LogP contribution in [0.2, 0.25) is 0 Å². The van der Waals surface area contributed by atoms with Gasteiger partial charge in [-0.1, -0.05) is 0 Å². The Bertz CT molecular complexity index is 633. The highest BCUT2D eigenvalue weighted by Crippen LogP contribution is 2.24. The largest absolute Gasteiger partial charge is 0.496 e. The van der Waals surface area contributed by atoms with Gasteiger partial charge in [-0.25, -0.2) is 5.43 Å². The number of carbonyl (C=O) groups excluding carboxylic acids is 1. The zero-order chi connectivity index (χ0) is 14.4. The lowest BCUT2D eigenvalue weighted by Crippen LogP contribution is -2.17. The molecule has 1 aromatic carbocycles. The van der Waals surface area contributed by atoms with Gasteiger partial charge in [0.2, 0.25) is 0 Å². The molecule has 0 saturated carbocycles. The summed E-state index contributed by atoms with van der Waals surface area (Å²) in [6, 6.07) is 8.86. The average molecular weight is 352 g/mol. The second-order valence-electron chi connectivity index (χ2n) is 3.83. The molecule has 21 heavy (non-hydrogen) atoms. The van der Waals surface area contributed by atoms with Crippen LogP contribution in [0, 0.1) is 0 Å². The number of halogens is 1. The van der Waals surface area contributed by atoms with E-state index in [2.05, 4.69) is 31.4 Å². The van der Waals surface area contributed by atoms with Crippen LogP contribution in [0.15, 0.2) is 52.3 Å². The number of nitrogens with one attached hydrogen (secondary N) is 1. The molecule has 0 fully saturated rings. The number of amides is 1. The number of methoxy groups -OCH3 is 1. The van der Waals surface area contributed by atoms with E-state index >= 15 is 0 Å². The summed E-state index contributed by atoms with van der Waals surface area (Å²) >= 11 is 3.38. The van der Waals surface area contributed by atoms with Crippen LogP contribution in [0.3, 0.4) is 0 Å². The highest BCUT2D eigenvalue weighted by atomic mass is 79.9. The first-order chi connectivity index (χ1) is 9.70. The Balaban J connectivity index is 0.00000220. The molecular weight excluding hydrogens is 338 g/mol. The van der Waals surface area contributed by atoms with Crippen molar-refractivity contribution in [3.63, 3.8) is 0 Å². The number of ether oxygens (including phenoxy) is 1. The molecule has 0 aliphatic rings. The van der Waals surface area contributed by atoms with Crippen molar-refractivity contribution in [2.24, 2.45) is 5.10 Å². The molecule has 2 rings (SSSR count). The summed E-state index contributed by atoms with van der Waals surface area (Å²) in [7, 11) is 1.60. The van der Waals surface area contributed by atoms with Gasteiger partial charge in [0.1, 0.15) is 5.75 Å². The number of hydrazone groups is 1. The summed E-state index contributed by atoms with van der Waals surface area (Å²) in [5.74, 6) is 0.434. The fraction of sp³-hybridized carbons (Fsp3) is 0.0714. The van der Waals surface area contributed by atoms with E-state index < -0.39 is 0 Å². The molecule has 0 radical (unpaired) electrons. The smallest absolute Gasteiger partial charge is 0.272 e. The second kappa shape index (κ2) is 8.13. The van der Waals surface area contributed by atoms with Crippen molar-refractivity contribution in [3.05, 3.63) is 58.3 Å². The predicted octanol–water partition coefficient (Wildman–Crippen LogP) is 1.79. The van der Waals surface area contributed by atoms with Crippen LogP contribution in [0.25, 0.3) is 0 Å². The quantitative estimate of drug-likeness (QED) is 0.671. The number of nitrogens with zero attached hydrogens (tertiary/aromatic N) is 2. The Kier molecular flexibility index (Phi) is 6.51. The number of benzene rings is 1. The van der Waals surface area contributed by atoms with Crippen molar-refractivity contribution in [1.29, 1.82) is 0 Å². The van der Waals surface area contributed by atoms with E-state index in [1.807, 2.05) is 18.2 Å². The normalized spacial score (nSPS) is 10.0.